The average molecular weight is 274 g/mol. The van der Waals surface area contributed by atoms with Crippen molar-refractivity contribution in [1.29, 1.82) is 0 Å². The van der Waals surface area contributed by atoms with Crippen molar-refractivity contribution in [3.63, 3.8) is 0 Å². The Labute approximate surface area is 119 Å². The van der Waals surface area contributed by atoms with E-state index < -0.39 is 0 Å². The fourth-order valence-corrected chi connectivity index (χ4v) is 3.15. The SMILES string of the molecule is NC1Cc2ccccc2N(C(=O)CCC2CCCO2)C1. The van der Waals surface area contributed by atoms with E-state index in [9.17, 15) is 4.79 Å². The molecule has 3 rings (SSSR count). The quantitative estimate of drug-likeness (QED) is 0.915. The zero-order chi connectivity index (χ0) is 13.9. The lowest BCUT2D eigenvalue weighted by molar-refractivity contribution is -0.119. The number of benzene rings is 1. The normalized spacial score (nSPS) is 25.6. The van der Waals surface area contributed by atoms with E-state index in [2.05, 4.69) is 6.07 Å². The van der Waals surface area contributed by atoms with E-state index in [1.165, 1.54) is 5.56 Å². The number of nitrogens with two attached hydrogens (primary N) is 1. The van der Waals surface area contributed by atoms with Gasteiger partial charge in [0.25, 0.3) is 0 Å². The molecule has 0 spiro atoms. The number of rotatable bonds is 3. The Morgan fingerprint density at radius 3 is 3.05 bits per heavy atom. The first-order valence-corrected chi connectivity index (χ1v) is 7.49. The summed E-state index contributed by atoms with van der Waals surface area (Å²) in [6, 6.07) is 8.11. The summed E-state index contributed by atoms with van der Waals surface area (Å²) in [5.74, 6) is 0.170. The number of hydrogen-bond acceptors (Lipinski definition) is 3. The monoisotopic (exact) mass is 274 g/mol. The van der Waals surface area contributed by atoms with Crippen LogP contribution in [0.5, 0.6) is 0 Å². The minimum Gasteiger partial charge on any atom is -0.378 e. The Kier molecular flexibility index (Phi) is 4.03. The summed E-state index contributed by atoms with van der Waals surface area (Å²) in [4.78, 5) is 14.3. The summed E-state index contributed by atoms with van der Waals surface area (Å²) in [5, 5.41) is 0. The van der Waals surface area contributed by atoms with Crippen LogP contribution in [0.25, 0.3) is 0 Å². The molecule has 2 heterocycles. The van der Waals surface area contributed by atoms with E-state index in [0.717, 1.165) is 38.0 Å². The Bertz CT molecular complexity index is 483. The maximum atomic E-state index is 12.5. The van der Waals surface area contributed by atoms with E-state index >= 15 is 0 Å². The summed E-state index contributed by atoms with van der Waals surface area (Å²) >= 11 is 0. The zero-order valence-electron chi connectivity index (χ0n) is 11.8. The smallest absolute Gasteiger partial charge is 0.227 e. The van der Waals surface area contributed by atoms with Crippen molar-refractivity contribution in [1.82, 2.24) is 0 Å². The van der Waals surface area contributed by atoms with Gasteiger partial charge < -0.3 is 15.4 Å². The predicted molar refractivity (Wildman–Crippen MR) is 78.7 cm³/mol. The van der Waals surface area contributed by atoms with Gasteiger partial charge in [0.2, 0.25) is 5.91 Å². The minimum absolute atomic E-state index is 0.0385. The van der Waals surface area contributed by atoms with Gasteiger partial charge in [0.05, 0.1) is 6.10 Å². The van der Waals surface area contributed by atoms with Crippen LogP contribution in [-0.2, 0) is 16.0 Å². The number of fused-ring (bicyclic) bond motifs is 1. The lowest BCUT2D eigenvalue weighted by Gasteiger charge is -2.33. The van der Waals surface area contributed by atoms with Crippen LogP contribution in [0, 0.1) is 0 Å². The van der Waals surface area contributed by atoms with Crippen LogP contribution < -0.4 is 10.6 Å². The molecule has 2 aliphatic rings. The Hall–Kier alpha value is -1.39. The number of para-hydroxylation sites is 1. The highest BCUT2D eigenvalue weighted by molar-refractivity contribution is 5.94. The molecule has 4 heteroatoms. The van der Waals surface area contributed by atoms with Gasteiger partial charge in [-0.1, -0.05) is 18.2 Å². The van der Waals surface area contributed by atoms with Crippen molar-refractivity contribution >= 4 is 11.6 Å². The van der Waals surface area contributed by atoms with Gasteiger partial charge in [0, 0.05) is 31.3 Å². The molecule has 1 saturated heterocycles. The van der Waals surface area contributed by atoms with Crippen molar-refractivity contribution < 1.29 is 9.53 Å². The molecular formula is C16H22N2O2. The molecule has 2 unspecified atom stereocenters. The lowest BCUT2D eigenvalue weighted by atomic mass is 9.98. The number of carbonyl (C=O) groups is 1. The van der Waals surface area contributed by atoms with Crippen molar-refractivity contribution in [3.8, 4) is 0 Å². The Balaban J connectivity index is 1.67. The van der Waals surface area contributed by atoms with Gasteiger partial charge in [0.15, 0.2) is 0 Å². The molecule has 20 heavy (non-hydrogen) atoms. The van der Waals surface area contributed by atoms with Gasteiger partial charge in [-0.3, -0.25) is 4.79 Å². The van der Waals surface area contributed by atoms with Crippen molar-refractivity contribution in [2.24, 2.45) is 5.73 Å². The molecule has 4 nitrogen and oxygen atoms in total. The third kappa shape index (κ3) is 2.86. The number of carbonyl (C=O) groups excluding carboxylic acids is 1. The first-order chi connectivity index (χ1) is 9.74. The van der Waals surface area contributed by atoms with Gasteiger partial charge in [-0.25, -0.2) is 0 Å². The van der Waals surface area contributed by atoms with E-state index in [1.54, 1.807) is 0 Å². The molecule has 2 N–H and O–H groups in total. The van der Waals surface area contributed by atoms with Crippen LogP contribution in [0.2, 0.25) is 0 Å². The first-order valence-electron chi connectivity index (χ1n) is 7.49. The molecule has 0 aromatic heterocycles. The highest BCUT2D eigenvalue weighted by atomic mass is 16.5. The summed E-state index contributed by atoms with van der Waals surface area (Å²) in [6.07, 6.45) is 4.71. The van der Waals surface area contributed by atoms with Gasteiger partial charge in [0.1, 0.15) is 0 Å². The zero-order valence-corrected chi connectivity index (χ0v) is 11.8. The number of amides is 1. The third-order valence-electron chi connectivity index (χ3n) is 4.19. The molecule has 2 aliphatic heterocycles. The van der Waals surface area contributed by atoms with Crippen molar-refractivity contribution in [2.75, 3.05) is 18.1 Å². The number of ether oxygens (including phenoxy) is 1. The molecular weight excluding hydrogens is 252 g/mol. The Morgan fingerprint density at radius 1 is 1.40 bits per heavy atom. The number of nitrogens with zero attached hydrogens (tertiary/aromatic N) is 1. The number of anilines is 1. The first kappa shape index (κ1) is 13.6. The molecule has 0 saturated carbocycles. The maximum absolute atomic E-state index is 12.5. The van der Waals surface area contributed by atoms with Crippen molar-refractivity contribution in [3.05, 3.63) is 29.8 Å². The second kappa shape index (κ2) is 5.94. The summed E-state index contributed by atoms with van der Waals surface area (Å²) in [5.41, 5.74) is 8.29. The molecule has 0 bridgehead atoms. The highest BCUT2D eigenvalue weighted by Crippen LogP contribution is 2.27. The largest absolute Gasteiger partial charge is 0.378 e. The molecule has 0 radical (unpaired) electrons. The number of hydrogen-bond donors (Lipinski definition) is 1. The lowest BCUT2D eigenvalue weighted by Crippen LogP contribution is -2.46. The Morgan fingerprint density at radius 2 is 2.25 bits per heavy atom. The molecule has 2 atom stereocenters. The maximum Gasteiger partial charge on any atom is 0.227 e. The van der Waals surface area contributed by atoms with Crippen LogP contribution in [0.3, 0.4) is 0 Å². The fourth-order valence-electron chi connectivity index (χ4n) is 3.15. The molecule has 1 amide bonds. The summed E-state index contributed by atoms with van der Waals surface area (Å²) in [7, 11) is 0. The summed E-state index contributed by atoms with van der Waals surface area (Å²) in [6.45, 7) is 1.47. The van der Waals surface area contributed by atoms with Gasteiger partial charge in [-0.2, -0.15) is 0 Å². The molecule has 1 aromatic rings. The minimum atomic E-state index is 0.0385. The second-order valence-electron chi connectivity index (χ2n) is 5.77. The van der Waals surface area contributed by atoms with E-state index in [1.807, 2.05) is 23.1 Å². The van der Waals surface area contributed by atoms with Crippen LogP contribution in [0.4, 0.5) is 5.69 Å². The molecule has 1 aromatic carbocycles. The van der Waals surface area contributed by atoms with E-state index in [-0.39, 0.29) is 18.1 Å². The van der Waals surface area contributed by atoms with E-state index in [4.69, 9.17) is 10.5 Å². The highest BCUT2D eigenvalue weighted by Gasteiger charge is 2.27. The molecule has 1 fully saturated rings. The van der Waals surface area contributed by atoms with Gasteiger partial charge in [-0.15, -0.1) is 0 Å². The summed E-state index contributed by atoms with van der Waals surface area (Å²) < 4.78 is 5.59. The van der Waals surface area contributed by atoms with Crippen LogP contribution in [0.1, 0.15) is 31.2 Å². The third-order valence-corrected chi connectivity index (χ3v) is 4.19. The van der Waals surface area contributed by atoms with Crippen LogP contribution in [0.15, 0.2) is 24.3 Å². The second-order valence-corrected chi connectivity index (χ2v) is 5.77. The van der Waals surface area contributed by atoms with Crippen LogP contribution >= 0.6 is 0 Å². The van der Waals surface area contributed by atoms with Gasteiger partial charge >= 0.3 is 0 Å². The van der Waals surface area contributed by atoms with Crippen molar-refractivity contribution in [2.45, 2.75) is 44.2 Å². The van der Waals surface area contributed by atoms with Gasteiger partial charge in [-0.05, 0) is 37.3 Å². The fraction of sp³-hybridized carbons (Fsp3) is 0.562. The van der Waals surface area contributed by atoms with E-state index in [0.29, 0.717) is 13.0 Å². The van der Waals surface area contributed by atoms with Crippen LogP contribution in [-0.4, -0.2) is 31.2 Å². The molecule has 0 aliphatic carbocycles. The predicted octanol–water partition coefficient (Wildman–Crippen LogP) is 1.86. The topological polar surface area (TPSA) is 55.6 Å². The average Bonchev–Trinajstić information content (AvgIpc) is 2.97. The molecule has 108 valence electrons. The standard InChI is InChI=1S/C16H22N2O2/c17-13-10-12-4-1-2-6-15(12)18(11-13)16(19)8-7-14-5-3-9-20-14/h1-2,4,6,13-14H,3,5,7-11,17H2.